The summed E-state index contributed by atoms with van der Waals surface area (Å²) in [5.41, 5.74) is 0. The number of carbonyl (C=O) groups is 2. The highest BCUT2D eigenvalue weighted by molar-refractivity contribution is 5.77. The molecule has 0 aromatic heterocycles. The van der Waals surface area contributed by atoms with Crippen LogP contribution in [0.3, 0.4) is 0 Å². The van der Waals surface area contributed by atoms with Gasteiger partial charge < -0.3 is 20.3 Å². The van der Waals surface area contributed by atoms with Gasteiger partial charge in [0.05, 0.1) is 25.2 Å². The van der Waals surface area contributed by atoms with Crippen LogP contribution in [0.1, 0.15) is 239 Å². The van der Waals surface area contributed by atoms with Crippen LogP contribution in [-0.4, -0.2) is 46.9 Å². The Labute approximate surface area is 401 Å². The molecule has 3 atom stereocenters. The molecule has 0 rings (SSSR count). The van der Waals surface area contributed by atoms with E-state index in [2.05, 4.69) is 123 Å². The first-order chi connectivity index (χ1) is 32.0. The molecule has 372 valence electrons. The highest BCUT2D eigenvalue weighted by Crippen LogP contribution is 2.17. The standard InChI is InChI=1S/C59H101NO5/c1-4-7-10-13-16-19-22-25-28-29-30-31-34-37-40-43-46-49-52-59(64)65-55(50-47-44-41-38-35-32-26-23-20-17-14-11-8-5-2)53-58(63)60-56(54-61)57(62)51-48-45-42-39-36-33-27-24-21-18-15-12-9-6-3/h8,11,16-17,19-20,22,25-26,28-32,38,41,55-57,61-62H,4-7,9-10,12-15,18,21,23-24,27,33-37,39-40,42-54H2,1-3H3,(H,60,63)/b11-8+,19-16+,20-17+,25-22+,29-28+,31-30+,32-26+,41-38+. The van der Waals surface area contributed by atoms with E-state index in [1.54, 1.807) is 0 Å². The second kappa shape index (κ2) is 51.8. The average molecular weight is 904 g/mol. The number of carbonyl (C=O) groups excluding carboxylic acids is 2. The Hall–Kier alpha value is -3.22. The lowest BCUT2D eigenvalue weighted by Crippen LogP contribution is -2.46. The van der Waals surface area contributed by atoms with Gasteiger partial charge >= 0.3 is 5.97 Å². The number of amides is 1. The van der Waals surface area contributed by atoms with E-state index in [-0.39, 0.29) is 24.9 Å². The van der Waals surface area contributed by atoms with Crippen molar-refractivity contribution in [2.75, 3.05) is 6.61 Å². The number of nitrogens with one attached hydrogen (secondary N) is 1. The van der Waals surface area contributed by atoms with Gasteiger partial charge in [-0.1, -0.05) is 240 Å². The Morgan fingerprint density at radius 2 is 0.908 bits per heavy atom. The van der Waals surface area contributed by atoms with Gasteiger partial charge in [-0.05, 0) is 83.5 Å². The van der Waals surface area contributed by atoms with Gasteiger partial charge in [0, 0.05) is 6.42 Å². The highest BCUT2D eigenvalue weighted by Gasteiger charge is 2.24. The molecule has 3 unspecified atom stereocenters. The van der Waals surface area contributed by atoms with Crippen LogP contribution in [0.25, 0.3) is 0 Å². The van der Waals surface area contributed by atoms with Crippen LogP contribution < -0.4 is 5.32 Å². The van der Waals surface area contributed by atoms with Gasteiger partial charge in [0.2, 0.25) is 5.91 Å². The van der Waals surface area contributed by atoms with Crippen LogP contribution in [0, 0.1) is 0 Å². The molecule has 1 amide bonds. The van der Waals surface area contributed by atoms with Crippen molar-refractivity contribution in [2.45, 2.75) is 257 Å². The lowest BCUT2D eigenvalue weighted by molar-refractivity contribution is -0.151. The lowest BCUT2D eigenvalue weighted by atomic mass is 10.0. The van der Waals surface area contributed by atoms with Gasteiger partial charge in [-0.15, -0.1) is 0 Å². The summed E-state index contributed by atoms with van der Waals surface area (Å²) in [5, 5.41) is 23.8. The van der Waals surface area contributed by atoms with Crippen LogP contribution in [-0.2, 0) is 14.3 Å². The van der Waals surface area contributed by atoms with Gasteiger partial charge in [0.15, 0.2) is 0 Å². The van der Waals surface area contributed by atoms with E-state index in [1.807, 2.05) is 0 Å². The minimum atomic E-state index is -0.812. The topological polar surface area (TPSA) is 95.9 Å². The summed E-state index contributed by atoms with van der Waals surface area (Å²) in [6, 6.07) is -0.730. The van der Waals surface area contributed by atoms with Crippen molar-refractivity contribution < 1.29 is 24.5 Å². The van der Waals surface area contributed by atoms with E-state index < -0.39 is 18.2 Å². The Morgan fingerprint density at radius 3 is 1.45 bits per heavy atom. The van der Waals surface area contributed by atoms with Crippen molar-refractivity contribution in [3.05, 3.63) is 97.2 Å². The summed E-state index contributed by atoms with van der Waals surface area (Å²) < 4.78 is 5.91. The van der Waals surface area contributed by atoms with Crippen molar-refractivity contribution in [3.8, 4) is 0 Å². The van der Waals surface area contributed by atoms with E-state index in [0.717, 1.165) is 103 Å². The van der Waals surface area contributed by atoms with Gasteiger partial charge in [-0.3, -0.25) is 9.59 Å². The molecule has 0 fully saturated rings. The summed E-state index contributed by atoms with van der Waals surface area (Å²) in [6.45, 7) is 6.31. The number of rotatable bonds is 47. The predicted octanol–water partition coefficient (Wildman–Crippen LogP) is 16.5. The molecule has 0 spiro atoms. The first-order valence-corrected chi connectivity index (χ1v) is 27.0. The van der Waals surface area contributed by atoms with Crippen molar-refractivity contribution in [1.82, 2.24) is 5.32 Å². The fourth-order valence-corrected chi connectivity index (χ4v) is 7.67. The minimum Gasteiger partial charge on any atom is -0.462 e. The van der Waals surface area contributed by atoms with Gasteiger partial charge in [-0.25, -0.2) is 0 Å². The zero-order valence-electron chi connectivity index (χ0n) is 42.3. The maximum Gasteiger partial charge on any atom is 0.306 e. The second-order valence-corrected chi connectivity index (χ2v) is 18.0. The number of hydrogen-bond acceptors (Lipinski definition) is 5. The summed E-state index contributed by atoms with van der Waals surface area (Å²) in [6.07, 6.45) is 68.9. The molecular formula is C59H101NO5. The molecule has 0 aliphatic heterocycles. The van der Waals surface area contributed by atoms with E-state index >= 15 is 0 Å². The molecule has 6 heteroatoms. The Morgan fingerprint density at radius 1 is 0.477 bits per heavy atom. The third-order valence-electron chi connectivity index (χ3n) is 11.7. The largest absolute Gasteiger partial charge is 0.462 e. The van der Waals surface area contributed by atoms with E-state index in [4.69, 9.17) is 4.74 Å². The SMILES string of the molecule is CC/C=C/C/C=C/C/C=C/C/C=C/CCCC(CC(=O)NC(CO)C(O)CCCCCCCCCCCCCCCC)OC(=O)CCCCCCC/C=C/C=C/C=C/C=C/CCCCC. The molecule has 0 aliphatic rings. The van der Waals surface area contributed by atoms with Crippen LogP contribution in [0.4, 0.5) is 0 Å². The van der Waals surface area contributed by atoms with Crippen LogP contribution >= 0.6 is 0 Å². The van der Waals surface area contributed by atoms with Crippen molar-refractivity contribution in [1.29, 1.82) is 0 Å². The highest BCUT2D eigenvalue weighted by atomic mass is 16.5. The van der Waals surface area contributed by atoms with E-state index in [1.165, 1.54) is 89.9 Å². The van der Waals surface area contributed by atoms with Crippen LogP contribution in [0.15, 0.2) is 97.2 Å². The fraction of sp³-hybridized carbons (Fsp3) is 0.695. The maximum atomic E-state index is 13.2. The van der Waals surface area contributed by atoms with Gasteiger partial charge in [0.1, 0.15) is 6.10 Å². The molecule has 0 saturated carbocycles. The minimum absolute atomic E-state index is 0.0250. The quantitative estimate of drug-likeness (QED) is 0.0245. The summed E-state index contributed by atoms with van der Waals surface area (Å²) in [4.78, 5) is 26.2. The lowest BCUT2D eigenvalue weighted by Gasteiger charge is -2.24. The van der Waals surface area contributed by atoms with E-state index in [9.17, 15) is 19.8 Å². The molecule has 6 nitrogen and oxygen atoms in total. The van der Waals surface area contributed by atoms with Crippen LogP contribution in [0.5, 0.6) is 0 Å². The smallest absolute Gasteiger partial charge is 0.306 e. The Balaban J connectivity index is 4.70. The van der Waals surface area contributed by atoms with Gasteiger partial charge in [-0.2, -0.15) is 0 Å². The number of unbranched alkanes of at least 4 members (excludes halogenated alkanes) is 22. The van der Waals surface area contributed by atoms with Crippen molar-refractivity contribution in [2.24, 2.45) is 0 Å². The molecule has 0 aromatic carbocycles. The first kappa shape index (κ1) is 61.8. The maximum absolute atomic E-state index is 13.2. The van der Waals surface area contributed by atoms with Gasteiger partial charge in [0.25, 0.3) is 0 Å². The number of aliphatic hydroxyl groups excluding tert-OH is 2. The second-order valence-electron chi connectivity index (χ2n) is 18.0. The molecule has 0 saturated heterocycles. The monoisotopic (exact) mass is 904 g/mol. The molecule has 0 aliphatic carbocycles. The molecule has 65 heavy (non-hydrogen) atoms. The molecule has 0 radical (unpaired) electrons. The third-order valence-corrected chi connectivity index (χ3v) is 11.7. The molecule has 0 aromatic rings. The molecule has 3 N–H and O–H groups in total. The van der Waals surface area contributed by atoms with E-state index in [0.29, 0.717) is 19.3 Å². The van der Waals surface area contributed by atoms with Crippen molar-refractivity contribution >= 4 is 11.9 Å². The average Bonchev–Trinajstić information content (AvgIpc) is 3.30. The number of ether oxygens (including phenoxy) is 1. The third kappa shape index (κ3) is 47.1. The zero-order chi connectivity index (χ0) is 47.4. The summed E-state index contributed by atoms with van der Waals surface area (Å²) in [7, 11) is 0. The number of esters is 1. The molecular weight excluding hydrogens is 803 g/mol. The Bertz CT molecular complexity index is 1290. The summed E-state index contributed by atoms with van der Waals surface area (Å²) in [5.74, 6) is -0.560. The number of allylic oxidation sites excluding steroid dienone is 16. The summed E-state index contributed by atoms with van der Waals surface area (Å²) >= 11 is 0. The molecule has 0 heterocycles. The Kier molecular flexibility index (Phi) is 49.2. The zero-order valence-corrected chi connectivity index (χ0v) is 42.3. The first-order valence-electron chi connectivity index (χ1n) is 27.0. The van der Waals surface area contributed by atoms with Crippen LogP contribution in [0.2, 0.25) is 0 Å². The predicted molar refractivity (Wildman–Crippen MR) is 282 cm³/mol. The normalized spacial score (nSPS) is 14.0. The fourth-order valence-electron chi connectivity index (χ4n) is 7.67. The number of hydrogen-bond donors (Lipinski definition) is 3. The number of aliphatic hydroxyl groups is 2. The molecule has 0 bridgehead atoms. The van der Waals surface area contributed by atoms with Crippen molar-refractivity contribution in [3.63, 3.8) is 0 Å².